The zero-order chi connectivity index (χ0) is 13.5. The topological polar surface area (TPSA) is 80.8 Å². The number of aliphatic hydroxyl groups excluding tert-OH is 1. The van der Waals surface area contributed by atoms with Crippen LogP contribution in [0.5, 0.6) is 5.75 Å². The lowest BCUT2D eigenvalue weighted by molar-refractivity contribution is 0.0961. The van der Waals surface area contributed by atoms with E-state index in [4.69, 9.17) is 20.3 Å². The van der Waals surface area contributed by atoms with Crippen LogP contribution in [0.15, 0.2) is 0 Å². The number of aromatic nitrogens is 1. The summed E-state index contributed by atoms with van der Waals surface area (Å²) in [6, 6.07) is 0.288. The third-order valence-electron chi connectivity index (χ3n) is 2.46. The van der Waals surface area contributed by atoms with Crippen LogP contribution in [0.3, 0.4) is 0 Å². The Balaban J connectivity index is 2.71. The summed E-state index contributed by atoms with van der Waals surface area (Å²) in [4.78, 5) is 2.13. The van der Waals surface area contributed by atoms with E-state index < -0.39 is 0 Å². The molecule has 3 N–H and O–H groups in total. The second kappa shape index (κ2) is 7.40. The maximum Gasteiger partial charge on any atom is 0.197 e. The zero-order valence-corrected chi connectivity index (χ0v) is 11.9. The number of anilines is 2. The average Bonchev–Trinajstić information content (AvgIpc) is 2.69. The molecule has 0 aliphatic heterocycles. The second-order valence-corrected chi connectivity index (χ2v) is 4.78. The van der Waals surface area contributed by atoms with Crippen molar-refractivity contribution in [2.75, 3.05) is 44.1 Å². The molecule has 0 bridgehead atoms. The SMILES string of the molecule is COc1c(N)nsc1N(CCOCCO)C(C)C. The summed E-state index contributed by atoms with van der Waals surface area (Å²) in [5.74, 6) is 1.04. The summed E-state index contributed by atoms with van der Waals surface area (Å²) in [7, 11) is 1.59. The molecule has 1 heterocycles. The minimum absolute atomic E-state index is 0.0402. The van der Waals surface area contributed by atoms with Gasteiger partial charge in [-0.25, -0.2) is 0 Å². The van der Waals surface area contributed by atoms with Crippen LogP contribution >= 0.6 is 11.5 Å². The molecule has 0 amide bonds. The van der Waals surface area contributed by atoms with Gasteiger partial charge in [-0.15, -0.1) is 0 Å². The van der Waals surface area contributed by atoms with Gasteiger partial charge in [0, 0.05) is 12.6 Å². The third-order valence-corrected chi connectivity index (χ3v) is 3.34. The van der Waals surface area contributed by atoms with Crippen LogP contribution in [-0.4, -0.2) is 49.0 Å². The first-order chi connectivity index (χ1) is 8.61. The fourth-order valence-corrected chi connectivity index (χ4v) is 2.53. The van der Waals surface area contributed by atoms with E-state index in [-0.39, 0.29) is 12.6 Å². The molecule has 1 aromatic rings. The molecular weight excluding hydrogens is 254 g/mol. The van der Waals surface area contributed by atoms with E-state index in [0.29, 0.717) is 31.3 Å². The minimum atomic E-state index is 0.0402. The van der Waals surface area contributed by atoms with Crippen LogP contribution < -0.4 is 15.4 Å². The van der Waals surface area contributed by atoms with Crippen LogP contribution in [0.4, 0.5) is 10.8 Å². The molecular formula is C11H21N3O3S. The van der Waals surface area contributed by atoms with E-state index in [2.05, 4.69) is 23.1 Å². The zero-order valence-electron chi connectivity index (χ0n) is 11.0. The normalized spacial score (nSPS) is 10.9. The van der Waals surface area contributed by atoms with Crippen molar-refractivity contribution in [1.29, 1.82) is 0 Å². The predicted molar refractivity (Wildman–Crippen MR) is 73.5 cm³/mol. The van der Waals surface area contributed by atoms with Crippen molar-refractivity contribution in [3.8, 4) is 5.75 Å². The summed E-state index contributed by atoms with van der Waals surface area (Å²) in [6.07, 6.45) is 0. The number of nitrogen functional groups attached to an aromatic ring is 1. The number of methoxy groups -OCH3 is 1. The van der Waals surface area contributed by atoms with Crippen LogP contribution in [0.25, 0.3) is 0 Å². The molecule has 7 heteroatoms. The molecule has 104 valence electrons. The van der Waals surface area contributed by atoms with Gasteiger partial charge in [0.25, 0.3) is 0 Å². The van der Waals surface area contributed by atoms with Crippen molar-refractivity contribution in [2.24, 2.45) is 0 Å². The highest BCUT2D eigenvalue weighted by atomic mass is 32.1. The van der Waals surface area contributed by atoms with Gasteiger partial charge in [0.05, 0.1) is 26.9 Å². The van der Waals surface area contributed by atoms with Crippen molar-refractivity contribution in [3.05, 3.63) is 0 Å². The summed E-state index contributed by atoms with van der Waals surface area (Å²) < 4.78 is 14.7. The van der Waals surface area contributed by atoms with Crippen molar-refractivity contribution in [3.63, 3.8) is 0 Å². The van der Waals surface area contributed by atoms with E-state index in [1.807, 2.05) is 0 Å². The maximum atomic E-state index is 8.66. The van der Waals surface area contributed by atoms with Crippen molar-refractivity contribution < 1.29 is 14.6 Å². The van der Waals surface area contributed by atoms with Gasteiger partial charge in [-0.2, -0.15) is 4.37 Å². The summed E-state index contributed by atoms with van der Waals surface area (Å²) in [5.41, 5.74) is 5.75. The number of hydrogen-bond acceptors (Lipinski definition) is 7. The number of hydrogen-bond donors (Lipinski definition) is 2. The highest BCUT2D eigenvalue weighted by Crippen LogP contribution is 2.38. The van der Waals surface area contributed by atoms with Crippen LogP contribution in [0.1, 0.15) is 13.8 Å². The molecule has 18 heavy (non-hydrogen) atoms. The molecule has 0 atom stereocenters. The first kappa shape index (κ1) is 15.0. The molecule has 0 fully saturated rings. The fourth-order valence-electron chi connectivity index (χ4n) is 1.58. The molecule has 1 rings (SSSR count). The van der Waals surface area contributed by atoms with Gasteiger partial charge in [-0.1, -0.05) is 0 Å². The molecule has 0 saturated carbocycles. The second-order valence-electron chi connectivity index (χ2n) is 4.03. The lowest BCUT2D eigenvalue weighted by Crippen LogP contribution is -2.33. The number of nitrogens with two attached hydrogens (primary N) is 1. The Bertz CT molecular complexity index is 357. The summed E-state index contributed by atoms with van der Waals surface area (Å²) >= 11 is 1.32. The van der Waals surface area contributed by atoms with E-state index in [0.717, 1.165) is 5.00 Å². The summed E-state index contributed by atoms with van der Waals surface area (Å²) in [6.45, 7) is 5.81. The van der Waals surface area contributed by atoms with Gasteiger partial charge in [0.1, 0.15) is 0 Å². The average molecular weight is 275 g/mol. The Morgan fingerprint density at radius 2 is 2.17 bits per heavy atom. The molecule has 0 aliphatic rings. The smallest absolute Gasteiger partial charge is 0.197 e. The van der Waals surface area contributed by atoms with Gasteiger partial charge < -0.3 is 25.2 Å². The number of ether oxygens (including phenoxy) is 2. The highest BCUT2D eigenvalue weighted by Gasteiger charge is 2.20. The van der Waals surface area contributed by atoms with Crippen LogP contribution in [-0.2, 0) is 4.74 Å². The van der Waals surface area contributed by atoms with E-state index in [9.17, 15) is 0 Å². The summed E-state index contributed by atoms with van der Waals surface area (Å²) in [5, 5.41) is 9.57. The minimum Gasteiger partial charge on any atom is -0.490 e. The molecule has 1 aromatic heterocycles. The monoisotopic (exact) mass is 275 g/mol. The first-order valence-electron chi connectivity index (χ1n) is 5.86. The van der Waals surface area contributed by atoms with Crippen molar-refractivity contribution in [1.82, 2.24) is 4.37 Å². The Kier molecular flexibility index (Phi) is 6.17. The quantitative estimate of drug-likeness (QED) is 0.688. The Labute approximate surface area is 111 Å². The van der Waals surface area contributed by atoms with Crippen molar-refractivity contribution >= 4 is 22.4 Å². The van der Waals surface area contributed by atoms with Crippen LogP contribution in [0.2, 0.25) is 0 Å². The third kappa shape index (κ3) is 3.72. The van der Waals surface area contributed by atoms with E-state index in [1.165, 1.54) is 11.5 Å². The van der Waals surface area contributed by atoms with E-state index in [1.54, 1.807) is 7.11 Å². The largest absolute Gasteiger partial charge is 0.490 e. The maximum absolute atomic E-state index is 8.66. The molecule has 0 radical (unpaired) electrons. The highest BCUT2D eigenvalue weighted by molar-refractivity contribution is 7.11. The number of nitrogens with zero attached hydrogens (tertiary/aromatic N) is 2. The first-order valence-corrected chi connectivity index (χ1v) is 6.63. The molecule has 6 nitrogen and oxygen atoms in total. The van der Waals surface area contributed by atoms with Crippen molar-refractivity contribution in [2.45, 2.75) is 19.9 Å². The Morgan fingerprint density at radius 1 is 1.44 bits per heavy atom. The standard InChI is InChI=1S/C11H21N3O3S/c1-8(2)14(4-6-17-7-5-15)11-9(16-3)10(12)13-18-11/h8,15H,4-7H2,1-3H3,(H2,12,13). The molecule has 0 unspecified atom stereocenters. The molecule has 0 aromatic carbocycles. The molecule has 0 aliphatic carbocycles. The predicted octanol–water partition coefficient (Wildman–Crippen LogP) is 0.958. The molecule has 0 saturated heterocycles. The lowest BCUT2D eigenvalue weighted by atomic mass is 10.3. The van der Waals surface area contributed by atoms with Gasteiger partial charge in [-0.05, 0) is 25.4 Å². The van der Waals surface area contributed by atoms with E-state index >= 15 is 0 Å². The lowest BCUT2D eigenvalue weighted by Gasteiger charge is -2.27. The molecule has 0 spiro atoms. The van der Waals surface area contributed by atoms with Gasteiger partial charge in [0.15, 0.2) is 16.6 Å². The fraction of sp³-hybridized carbons (Fsp3) is 0.727. The van der Waals surface area contributed by atoms with Gasteiger partial charge in [-0.3, -0.25) is 0 Å². The Morgan fingerprint density at radius 3 is 2.72 bits per heavy atom. The van der Waals surface area contributed by atoms with Gasteiger partial charge >= 0.3 is 0 Å². The van der Waals surface area contributed by atoms with Crippen LogP contribution in [0, 0.1) is 0 Å². The number of aliphatic hydroxyl groups is 1. The number of rotatable bonds is 8. The van der Waals surface area contributed by atoms with Gasteiger partial charge in [0.2, 0.25) is 0 Å². The Hall–Kier alpha value is -1.05.